The highest BCUT2D eigenvalue weighted by atomic mass is 35.5. The van der Waals surface area contributed by atoms with E-state index in [4.69, 9.17) is 11.6 Å². The average Bonchev–Trinajstić information content (AvgIpc) is 2.46. The molecule has 0 spiro atoms. The van der Waals surface area contributed by atoms with Crippen molar-refractivity contribution in [3.63, 3.8) is 0 Å². The predicted molar refractivity (Wildman–Crippen MR) is 78.5 cm³/mol. The quantitative estimate of drug-likeness (QED) is 0.669. The topological polar surface area (TPSA) is 98.3 Å². The van der Waals surface area contributed by atoms with E-state index in [1.807, 2.05) is 0 Å². The maximum atomic E-state index is 10.7. The SMILES string of the molecule is O=[N+]([O-])c1cccc(CNc2ccc([N+](=O)[O-])cc2Cl)c1. The number of benzene rings is 2. The fourth-order valence-electron chi connectivity index (χ4n) is 1.74. The lowest BCUT2D eigenvalue weighted by Gasteiger charge is -2.08. The summed E-state index contributed by atoms with van der Waals surface area (Å²) < 4.78 is 0. The molecule has 2 aromatic carbocycles. The van der Waals surface area contributed by atoms with Gasteiger partial charge in [0.1, 0.15) is 0 Å². The molecule has 2 aromatic rings. The molecule has 0 fully saturated rings. The number of halogens is 1. The number of nitro benzene ring substituents is 2. The number of anilines is 1. The summed E-state index contributed by atoms with van der Waals surface area (Å²) in [4.78, 5) is 20.3. The van der Waals surface area contributed by atoms with Crippen molar-refractivity contribution in [1.82, 2.24) is 0 Å². The van der Waals surface area contributed by atoms with Crippen molar-refractivity contribution in [3.8, 4) is 0 Å². The van der Waals surface area contributed by atoms with E-state index in [9.17, 15) is 20.2 Å². The number of rotatable bonds is 5. The summed E-state index contributed by atoms with van der Waals surface area (Å²) >= 11 is 5.95. The minimum atomic E-state index is -0.532. The fraction of sp³-hybridized carbons (Fsp3) is 0.0769. The van der Waals surface area contributed by atoms with Crippen LogP contribution in [0.15, 0.2) is 42.5 Å². The van der Waals surface area contributed by atoms with E-state index in [1.165, 1.54) is 30.3 Å². The van der Waals surface area contributed by atoms with Crippen LogP contribution in [-0.2, 0) is 6.54 Å². The van der Waals surface area contributed by atoms with Crippen LogP contribution in [0.4, 0.5) is 17.1 Å². The summed E-state index contributed by atoms with van der Waals surface area (Å²) in [6, 6.07) is 10.3. The van der Waals surface area contributed by atoms with Gasteiger partial charge < -0.3 is 5.32 Å². The van der Waals surface area contributed by atoms with Gasteiger partial charge in [0.2, 0.25) is 0 Å². The lowest BCUT2D eigenvalue weighted by atomic mass is 10.2. The molecule has 8 heteroatoms. The van der Waals surface area contributed by atoms with Crippen molar-refractivity contribution in [1.29, 1.82) is 0 Å². The van der Waals surface area contributed by atoms with Crippen molar-refractivity contribution in [2.24, 2.45) is 0 Å². The van der Waals surface area contributed by atoms with Gasteiger partial charge in [-0.25, -0.2) is 0 Å². The molecule has 7 nitrogen and oxygen atoms in total. The van der Waals surface area contributed by atoms with E-state index >= 15 is 0 Å². The molecule has 0 saturated carbocycles. The Morgan fingerprint density at radius 3 is 2.29 bits per heavy atom. The molecular weight excluding hydrogens is 298 g/mol. The first-order chi connectivity index (χ1) is 9.97. The number of nitro groups is 2. The van der Waals surface area contributed by atoms with E-state index in [1.54, 1.807) is 12.1 Å². The summed E-state index contributed by atoms with van der Waals surface area (Å²) in [7, 11) is 0. The number of non-ortho nitro benzene ring substituents is 2. The Bertz CT molecular complexity index is 706. The molecular formula is C13H10ClN3O4. The van der Waals surface area contributed by atoms with Gasteiger partial charge in [-0.15, -0.1) is 0 Å². The third-order valence-corrected chi connectivity index (χ3v) is 3.08. The average molecular weight is 308 g/mol. The third-order valence-electron chi connectivity index (χ3n) is 2.77. The third kappa shape index (κ3) is 3.67. The highest BCUT2D eigenvalue weighted by molar-refractivity contribution is 6.33. The van der Waals surface area contributed by atoms with Crippen LogP contribution in [0.2, 0.25) is 5.02 Å². The Kier molecular flexibility index (Phi) is 4.34. The van der Waals surface area contributed by atoms with E-state index in [-0.39, 0.29) is 16.4 Å². The van der Waals surface area contributed by atoms with Crippen LogP contribution in [0.5, 0.6) is 0 Å². The second-order valence-corrected chi connectivity index (χ2v) is 4.61. The monoisotopic (exact) mass is 307 g/mol. The number of nitrogens with one attached hydrogen (secondary N) is 1. The molecule has 0 atom stereocenters. The minimum absolute atomic E-state index is 0.00379. The van der Waals surface area contributed by atoms with Gasteiger partial charge in [0, 0.05) is 30.8 Å². The maximum absolute atomic E-state index is 10.7. The Morgan fingerprint density at radius 1 is 1.00 bits per heavy atom. The summed E-state index contributed by atoms with van der Waals surface area (Å²) in [5.41, 5.74) is 1.14. The molecule has 2 rings (SSSR count). The highest BCUT2D eigenvalue weighted by Crippen LogP contribution is 2.27. The van der Waals surface area contributed by atoms with Crippen LogP contribution in [0.1, 0.15) is 5.56 Å². The summed E-state index contributed by atoms with van der Waals surface area (Å²) in [6.45, 7) is 0.319. The largest absolute Gasteiger partial charge is 0.380 e. The molecule has 1 N–H and O–H groups in total. The normalized spacial score (nSPS) is 10.1. The lowest BCUT2D eigenvalue weighted by Crippen LogP contribution is -2.01. The van der Waals surface area contributed by atoms with Crippen molar-refractivity contribution < 1.29 is 9.85 Å². The van der Waals surface area contributed by atoms with Crippen molar-refractivity contribution >= 4 is 28.7 Å². The molecule has 0 aromatic heterocycles. The van der Waals surface area contributed by atoms with Gasteiger partial charge in [-0.1, -0.05) is 23.7 Å². The van der Waals surface area contributed by atoms with Crippen molar-refractivity contribution in [2.75, 3.05) is 5.32 Å². The van der Waals surface area contributed by atoms with Gasteiger partial charge in [0.15, 0.2) is 0 Å². The zero-order valence-electron chi connectivity index (χ0n) is 10.7. The minimum Gasteiger partial charge on any atom is -0.380 e. The molecule has 0 aliphatic carbocycles. The van der Waals surface area contributed by atoms with Crippen LogP contribution in [0.3, 0.4) is 0 Å². The molecule has 0 unspecified atom stereocenters. The standard InChI is InChI=1S/C13H10ClN3O4/c14-12-7-11(17(20)21)4-5-13(12)15-8-9-2-1-3-10(6-9)16(18)19/h1-7,15H,8H2. The van der Waals surface area contributed by atoms with Gasteiger partial charge in [0.25, 0.3) is 11.4 Å². The van der Waals surface area contributed by atoms with Crippen LogP contribution in [0.25, 0.3) is 0 Å². The number of hydrogen-bond donors (Lipinski definition) is 1. The number of nitrogens with zero attached hydrogens (tertiary/aromatic N) is 2. The van der Waals surface area contributed by atoms with Crippen LogP contribution in [0, 0.1) is 20.2 Å². The summed E-state index contributed by atoms with van der Waals surface area (Å²) in [5.74, 6) is 0. The molecule has 0 saturated heterocycles. The molecule has 0 aliphatic heterocycles. The molecule has 0 radical (unpaired) electrons. The maximum Gasteiger partial charge on any atom is 0.271 e. The molecule has 0 bridgehead atoms. The van der Waals surface area contributed by atoms with Crippen LogP contribution >= 0.6 is 11.6 Å². The fourth-order valence-corrected chi connectivity index (χ4v) is 1.98. The summed E-state index contributed by atoms with van der Waals surface area (Å²) in [6.07, 6.45) is 0. The van der Waals surface area contributed by atoms with Gasteiger partial charge >= 0.3 is 0 Å². The second-order valence-electron chi connectivity index (χ2n) is 4.20. The smallest absolute Gasteiger partial charge is 0.271 e. The molecule has 108 valence electrons. The molecule has 0 heterocycles. The lowest BCUT2D eigenvalue weighted by molar-refractivity contribution is -0.385. The van der Waals surface area contributed by atoms with Gasteiger partial charge in [-0.05, 0) is 11.6 Å². The van der Waals surface area contributed by atoms with Crippen molar-refractivity contribution in [3.05, 3.63) is 73.3 Å². The first-order valence-electron chi connectivity index (χ1n) is 5.88. The van der Waals surface area contributed by atoms with E-state index in [0.29, 0.717) is 17.8 Å². The zero-order valence-corrected chi connectivity index (χ0v) is 11.4. The zero-order chi connectivity index (χ0) is 15.4. The molecule has 0 amide bonds. The number of hydrogen-bond acceptors (Lipinski definition) is 5. The Hall–Kier alpha value is -2.67. The molecule has 0 aliphatic rings. The van der Waals surface area contributed by atoms with Gasteiger partial charge in [-0.3, -0.25) is 20.2 Å². The van der Waals surface area contributed by atoms with E-state index < -0.39 is 9.85 Å². The Balaban J connectivity index is 2.11. The first kappa shape index (κ1) is 14.7. The van der Waals surface area contributed by atoms with Gasteiger partial charge in [-0.2, -0.15) is 0 Å². The highest BCUT2D eigenvalue weighted by Gasteiger charge is 2.10. The van der Waals surface area contributed by atoms with E-state index in [0.717, 1.165) is 0 Å². The predicted octanol–water partition coefficient (Wildman–Crippen LogP) is 3.77. The first-order valence-corrected chi connectivity index (χ1v) is 6.26. The Morgan fingerprint density at radius 2 is 1.67 bits per heavy atom. The van der Waals surface area contributed by atoms with Gasteiger partial charge in [0.05, 0.1) is 20.6 Å². The summed E-state index contributed by atoms with van der Waals surface area (Å²) in [5, 5.41) is 24.5. The van der Waals surface area contributed by atoms with E-state index in [2.05, 4.69) is 5.32 Å². The molecule has 21 heavy (non-hydrogen) atoms. The Labute approximate surface area is 124 Å². The second kappa shape index (κ2) is 6.19. The van der Waals surface area contributed by atoms with Crippen LogP contribution in [-0.4, -0.2) is 9.85 Å². The van der Waals surface area contributed by atoms with Crippen LogP contribution < -0.4 is 5.32 Å². The van der Waals surface area contributed by atoms with Crippen molar-refractivity contribution in [2.45, 2.75) is 6.54 Å².